The Hall–Kier alpha value is -4.69. The summed E-state index contributed by atoms with van der Waals surface area (Å²) in [4.78, 5) is 46.6. The van der Waals surface area contributed by atoms with Gasteiger partial charge >= 0.3 is 6.18 Å². The number of hydrogen-bond acceptors (Lipinski definition) is 7. The number of nitrogens with zero attached hydrogens (tertiary/aromatic N) is 5. The number of amides is 2. The second-order valence-corrected chi connectivity index (χ2v) is 12.7. The predicted molar refractivity (Wildman–Crippen MR) is 169 cm³/mol. The first kappa shape index (κ1) is 31.9. The van der Waals surface area contributed by atoms with Crippen molar-refractivity contribution in [1.29, 1.82) is 0 Å². The van der Waals surface area contributed by atoms with E-state index < -0.39 is 29.0 Å². The summed E-state index contributed by atoms with van der Waals surface area (Å²) in [6.07, 6.45) is 1.41. The summed E-state index contributed by atoms with van der Waals surface area (Å²) in [5, 5.41) is 17.2. The van der Waals surface area contributed by atoms with Crippen molar-refractivity contribution < 1.29 is 32.6 Å². The monoisotopic (exact) mass is 682 g/mol. The second-order valence-electron chi connectivity index (χ2n) is 12.3. The van der Waals surface area contributed by atoms with E-state index in [0.29, 0.717) is 81.0 Å². The number of aromatic hydroxyl groups is 1. The van der Waals surface area contributed by atoms with Crippen molar-refractivity contribution in [2.45, 2.75) is 50.2 Å². The first-order valence-electron chi connectivity index (χ1n) is 15.5. The largest absolute Gasteiger partial charge is 0.505 e. The Morgan fingerprint density at radius 3 is 2.58 bits per heavy atom. The van der Waals surface area contributed by atoms with E-state index in [0.717, 1.165) is 23.8 Å². The molecule has 0 radical (unpaired) electrons. The van der Waals surface area contributed by atoms with Crippen LogP contribution in [0.3, 0.4) is 0 Å². The van der Waals surface area contributed by atoms with Crippen LogP contribution in [-0.4, -0.2) is 67.3 Å². The molecule has 2 amide bonds. The van der Waals surface area contributed by atoms with Crippen LogP contribution in [-0.2, 0) is 34.1 Å². The zero-order chi connectivity index (χ0) is 33.8. The Morgan fingerprint density at radius 2 is 1.90 bits per heavy atom. The molecule has 2 N–H and O–H groups in total. The van der Waals surface area contributed by atoms with Crippen LogP contribution < -0.4 is 10.9 Å². The third-order valence-corrected chi connectivity index (χ3v) is 9.83. The van der Waals surface area contributed by atoms with Gasteiger partial charge < -0.3 is 24.6 Å². The summed E-state index contributed by atoms with van der Waals surface area (Å²) in [5.74, 6) is -1.15. The van der Waals surface area contributed by atoms with Crippen LogP contribution in [0.2, 0.25) is 5.02 Å². The molecular formula is C33H30ClF3N6O5. The van der Waals surface area contributed by atoms with E-state index in [9.17, 15) is 32.7 Å². The number of likely N-dealkylation sites (tertiary alicyclic amines) is 1. The highest BCUT2D eigenvalue weighted by molar-refractivity contribution is 6.33. The number of anilines is 1. The number of halogens is 4. The van der Waals surface area contributed by atoms with Crippen molar-refractivity contribution in [2.24, 2.45) is 0 Å². The van der Waals surface area contributed by atoms with E-state index in [1.807, 2.05) is 6.08 Å². The summed E-state index contributed by atoms with van der Waals surface area (Å²) in [5.41, 5.74) is 1.31. The fourth-order valence-electron chi connectivity index (χ4n) is 7.06. The number of piperidine rings is 1. The molecule has 250 valence electrons. The highest BCUT2D eigenvalue weighted by Crippen LogP contribution is 2.45. The molecule has 11 nitrogen and oxygen atoms in total. The number of aromatic nitrogens is 4. The van der Waals surface area contributed by atoms with Gasteiger partial charge in [0.2, 0.25) is 5.91 Å². The van der Waals surface area contributed by atoms with Crippen LogP contribution in [0.25, 0.3) is 11.2 Å². The minimum Gasteiger partial charge on any atom is -0.505 e. The van der Waals surface area contributed by atoms with Gasteiger partial charge in [0.25, 0.3) is 11.5 Å². The van der Waals surface area contributed by atoms with Gasteiger partial charge in [0.15, 0.2) is 5.69 Å². The Kier molecular flexibility index (Phi) is 8.03. The molecular weight excluding hydrogens is 653 g/mol. The number of carbonyl (C=O) groups excluding carboxylic acids is 2. The van der Waals surface area contributed by atoms with Gasteiger partial charge in [-0.05, 0) is 68.0 Å². The normalized spacial score (nSPS) is 17.4. The first-order chi connectivity index (χ1) is 22.9. The van der Waals surface area contributed by atoms with Gasteiger partial charge in [-0.1, -0.05) is 17.7 Å². The topological polar surface area (TPSA) is 131 Å². The molecule has 4 aromatic rings. The standard InChI is InChI=1S/C33H30ClF3N6O5/c34-21-16-20(33(35,36)37)3-4-22(21)39-26(45)18-42-24-5-8-32(9-12-41(13-10-32)31(47)29-25(44)2-1-11-38-29)28(24)30(46)43-27(42)17-23(40-43)19-6-14-48-15-7-19/h1-4,6,11,16-17,44H,5,7-10,12-15,18H2,(H,39,45). The lowest BCUT2D eigenvalue weighted by Crippen LogP contribution is -2.46. The van der Waals surface area contributed by atoms with Crippen molar-refractivity contribution in [1.82, 2.24) is 24.1 Å². The molecule has 0 bridgehead atoms. The molecule has 0 unspecified atom stereocenters. The molecule has 3 aromatic heterocycles. The van der Waals surface area contributed by atoms with Crippen LogP contribution in [0.15, 0.2) is 53.5 Å². The van der Waals surface area contributed by atoms with E-state index in [2.05, 4.69) is 15.4 Å². The quantitative estimate of drug-likeness (QED) is 0.308. The molecule has 1 aliphatic carbocycles. The fraction of sp³-hybridized carbons (Fsp3) is 0.364. The van der Waals surface area contributed by atoms with Crippen molar-refractivity contribution in [2.75, 3.05) is 31.6 Å². The molecule has 3 aliphatic rings. The van der Waals surface area contributed by atoms with Crippen LogP contribution in [0.5, 0.6) is 5.75 Å². The lowest BCUT2D eigenvalue weighted by molar-refractivity contribution is -0.137. The Balaban J connectivity index is 1.24. The molecule has 15 heteroatoms. The second kappa shape index (κ2) is 12.1. The number of ether oxygens (including phenoxy) is 1. The summed E-state index contributed by atoms with van der Waals surface area (Å²) in [6.45, 7) is 1.32. The number of pyridine rings is 1. The minimum atomic E-state index is -4.59. The number of hydrogen-bond donors (Lipinski definition) is 2. The van der Waals surface area contributed by atoms with Gasteiger partial charge in [0, 0.05) is 42.0 Å². The molecule has 1 saturated heterocycles. The highest BCUT2D eigenvalue weighted by Gasteiger charge is 2.46. The molecule has 1 spiro atoms. The van der Waals surface area contributed by atoms with Gasteiger partial charge in [-0.15, -0.1) is 0 Å². The lowest BCUT2D eigenvalue weighted by Gasteiger charge is -2.39. The van der Waals surface area contributed by atoms with E-state index in [1.54, 1.807) is 15.5 Å². The van der Waals surface area contributed by atoms with Gasteiger partial charge in [-0.3, -0.25) is 14.4 Å². The maximum atomic E-state index is 14.3. The molecule has 5 heterocycles. The number of nitrogens with one attached hydrogen (secondary N) is 1. The van der Waals surface area contributed by atoms with E-state index in [1.165, 1.54) is 22.8 Å². The van der Waals surface area contributed by atoms with Crippen molar-refractivity contribution >= 4 is 40.3 Å². The Bertz CT molecular complexity index is 2050. The SMILES string of the molecule is O=C(Cn1c2c(c(=O)n3nc(C4=CCOCC4)cc13)C1(CC2)CCN(C(=O)c2ncccc2O)CC1)Nc1ccc(C(F)(F)F)cc1Cl. The van der Waals surface area contributed by atoms with Crippen molar-refractivity contribution in [3.63, 3.8) is 0 Å². The zero-order valence-corrected chi connectivity index (χ0v) is 26.3. The molecule has 2 aliphatic heterocycles. The number of carbonyl (C=O) groups is 2. The van der Waals surface area contributed by atoms with Crippen LogP contribution >= 0.6 is 11.6 Å². The number of rotatable bonds is 5. The zero-order valence-electron chi connectivity index (χ0n) is 25.5. The van der Waals surface area contributed by atoms with E-state index >= 15 is 0 Å². The fourth-order valence-corrected chi connectivity index (χ4v) is 7.29. The highest BCUT2D eigenvalue weighted by atomic mass is 35.5. The summed E-state index contributed by atoms with van der Waals surface area (Å²) in [7, 11) is 0. The van der Waals surface area contributed by atoms with Crippen LogP contribution in [0, 0.1) is 0 Å². The summed E-state index contributed by atoms with van der Waals surface area (Å²) in [6, 6.07) is 7.42. The van der Waals surface area contributed by atoms with Crippen molar-refractivity contribution in [3.05, 3.63) is 92.3 Å². The average molecular weight is 683 g/mol. The van der Waals surface area contributed by atoms with Gasteiger partial charge in [0.05, 0.1) is 35.2 Å². The maximum absolute atomic E-state index is 14.3. The first-order valence-corrected chi connectivity index (χ1v) is 15.9. The minimum absolute atomic E-state index is 0.0254. The Morgan fingerprint density at radius 1 is 1.10 bits per heavy atom. The molecule has 0 atom stereocenters. The maximum Gasteiger partial charge on any atom is 0.416 e. The molecule has 7 rings (SSSR count). The number of fused-ring (bicyclic) bond motifs is 3. The van der Waals surface area contributed by atoms with Crippen LogP contribution in [0.1, 0.15) is 58.7 Å². The molecule has 1 aromatic carbocycles. The molecule has 48 heavy (non-hydrogen) atoms. The average Bonchev–Trinajstić information content (AvgIpc) is 3.68. The van der Waals surface area contributed by atoms with Crippen LogP contribution in [0.4, 0.5) is 18.9 Å². The van der Waals surface area contributed by atoms with Gasteiger partial charge in [-0.2, -0.15) is 22.8 Å². The van der Waals surface area contributed by atoms with Crippen molar-refractivity contribution in [3.8, 4) is 5.75 Å². The Labute approximate surface area is 276 Å². The molecule has 0 saturated carbocycles. The number of benzene rings is 1. The molecule has 1 fully saturated rings. The van der Waals surface area contributed by atoms with E-state index in [-0.39, 0.29) is 34.3 Å². The van der Waals surface area contributed by atoms with Gasteiger partial charge in [0.1, 0.15) is 17.9 Å². The van der Waals surface area contributed by atoms with E-state index in [4.69, 9.17) is 16.3 Å². The third-order valence-electron chi connectivity index (χ3n) is 9.52. The smallest absolute Gasteiger partial charge is 0.416 e. The summed E-state index contributed by atoms with van der Waals surface area (Å²) >= 11 is 6.12. The summed E-state index contributed by atoms with van der Waals surface area (Å²) < 4.78 is 48.0. The third kappa shape index (κ3) is 5.62. The predicted octanol–water partition coefficient (Wildman–Crippen LogP) is 4.83. The van der Waals surface area contributed by atoms with Gasteiger partial charge in [-0.25, -0.2) is 4.98 Å². The number of alkyl halides is 3. The lowest BCUT2D eigenvalue weighted by atomic mass is 9.74.